The largest absolute Gasteiger partial charge is 0.315 e. The lowest BCUT2D eigenvalue weighted by atomic mass is 9.97. The Kier molecular flexibility index (Phi) is 6.06. The Morgan fingerprint density at radius 3 is 2.60 bits per heavy atom. The van der Waals surface area contributed by atoms with Crippen molar-refractivity contribution < 1.29 is 0 Å². The Morgan fingerprint density at radius 2 is 2.00 bits per heavy atom. The first-order valence-electron chi connectivity index (χ1n) is 8.26. The summed E-state index contributed by atoms with van der Waals surface area (Å²) in [6, 6.07) is 12.4. The van der Waals surface area contributed by atoms with Crippen molar-refractivity contribution in [3.63, 3.8) is 0 Å². The molecule has 2 heteroatoms. The second-order valence-corrected chi connectivity index (χ2v) is 6.05. The van der Waals surface area contributed by atoms with Gasteiger partial charge in [-0.3, -0.25) is 4.90 Å². The van der Waals surface area contributed by atoms with Gasteiger partial charge < -0.3 is 5.32 Å². The fraction of sp³-hybridized carbons (Fsp3) is 0.667. The van der Waals surface area contributed by atoms with Gasteiger partial charge in [0.15, 0.2) is 0 Å². The summed E-state index contributed by atoms with van der Waals surface area (Å²) in [5.41, 5.74) is 1.52. The minimum Gasteiger partial charge on any atom is -0.315 e. The molecular weight excluding hydrogens is 244 g/mol. The lowest BCUT2D eigenvalue weighted by molar-refractivity contribution is 0.181. The highest BCUT2D eigenvalue weighted by molar-refractivity contribution is 5.21. The molecule has 1 saturated heterocycles. The van der Waals surface area contributed by atoms with Crippen molar-refractivity contribution >= 4 is 0 Å². The third-order valence-electron chi connectivity index (χ3n) is 4.81. The van der Waals surface area contributed by atoms with Crippen molar-refractivity contribution in [1.29, 1.82) is 0 Å². The van der Waals surface area contributed by atoms with Gasteiger partial charge in [-0.2, -0.15) is 0 Å². The van der Waals surface area contributed by atoms with E-state index in [-0.39, 0.29) is 0 Å². The SMILES string of the molecule is CCCC(NC)C(CC)N1CCC(c2ccccc2)C1. The summed E-state index contributed by atoms with van der Waals surface area (Å²) < 4.78 is 0. The zero-order chi connectivity index (χ0) is 14.4. The van der Waals surface area contributed by atoms with Gasteiger partial charge in [0.2, 0.25) is 0 Å². The van der Waals surface area contributed by atoms with E-state index in [2.05, 4.69) is 61.4 Å². The number of benzene rings is 1. The molecule has 0 amide bonds. The number of nitrogens with one attached hydrogen (secondary N) is 1. The second kappa shape index (κ2) is 7.80. The summed E-state index contributed by atoms with van der Waals surface area (Å²) in [6.07, 6.45) is 5.09. The van der Waals surface area contributed by atoms with Crippen LogP contribution >= 0.6 is 0 Å². The Balaban J connectivity index is 1.99. The first-order valence-corrected chi connectivity index (χ1v) is 8.26. The molecule has 2 rings (SSSR count). The van der Waals surface area contributed by atoms with Gasteiger partial charge in [0.25, 0.3) is 0 Å². The maximum atomic E-state index is 3.54. The van der Waals surface area contributed by atoms with Crippen LogP contribution < -0.4 is 5.32 Å². The number of likely N-dealkylation sites (N-methyl/N-ethyl adjacent to an activating group) is 1. The van der Waals surface area contributed by atoms with Crippen molar-refractivity contribution in [3.8, 4) is 0 Å². The zero-order valence-electron chi connectivity index (χ0n) is 13.3. The average molecular weight is 274 g/mol. The molecule has 0 aliphatic carbocycles. The van der Waals surface area contributed by atoms with E-state index < -0.39 is 0 Å². The van der Waals surface area contributed by atoms with Crippen molar-refractivity contribution in [2.24, 2.45) is 0 Å². The van der Waals surface area contributed by atoms with Crippen LogP contribution in [0, 0.1) is 0 Å². The molecule has 2 nitrogen and oxygen atoms in total. The first-order chi connectivity index (χ1) is 9.80. The fourth-order valence-corrected chi connectivity index (χ4v) is 3.72. The van der Waals surface area contributed by atoms with E-state index in [1.807, 2.05) is 0 Å². The van der Waals surface area contributed by atoms with Crippen LogP contribution in [-0.4, -0.2) is 37.1 Å². The Labute approximate surface area is 124 Å². The number of rotatable bonds is 7. The Morgan fingerprint density at radius 1 is 1.25 bits per heavy atom. The molecule has 1 N–H and O–H groups in total. The van der Waals surface area contributed by atoms with E-state index in [4.69, 9.17) is 0 Å². The van der Waals surface area contributed by atoms with Crippen molar-refractivity contribution in [2.45, 2.75) is 57.5 Å². The van der Waals surface area contributed by atoms with Gasteiger partial charge in [0.1, 0.15) is 0 Å². The minimum absolute atomic E-state index is 0.638. The number of nitrogens with zero attached hydrogens (tertiary/aromatic N) is 1. The van der Waals surface area contributed by atoms with Crippen LogP contribution in [0.2, 0.25) is 0 Å². The number of hydrogen-bond acceptors (Lipinski definition) is 2. The van der Waals surface area contributed by atoms with Gasteiger partial charge in [0.05, 0.1) is 0 Å². The quantitative estimate of drug-likeness (QED) is 0.816. The van der Waals surface area contributed by atoms with Gasteiger partial charge in [-0.15, -0.1) is 0 Å². The van der Waals surface area contributed by atoms with Crippen LogP contribution in [0.25, 0.3) is 0 Å². The highest BCUT2D eigenvalue weighted by atomic mass is 15.2. The highest BCUT2D eigenvalue weighted by Gasteiger charge is 2.31. The second-order valence-electron chi connectivity index (χ2n) is 6.05. The molecular formula is C18H30N2. The van der Waals surface area contributed by atoms with Gasteiger partial charge >= 0.3 is 0 Å². The molecule has 1 aromatic carbocycles. The van der Waals surface area contributed by atoms with Gasteiger partial charge in [-0.25, -0.2) is 0 Å². The lowest BCUT2D eigenvalue weighted by Gasteiger charge is -2.34. The van der Waals surface area contributed by atoms with E-state index in [1.165, 1.54) is 44.3 Å². The summed E-state index contributed by atoms with van der Waals surface area (Å²) in [4.78, 5) is 2.72. The van der Waals surface area contributed by atoms with Crippen LogP contribution in [0.4, 0.5) is 0 Å². The van der Waals surface area contributed by atoms with E-state index in [1.54, 1.807) is 0 Å². The molecule has 1 aliphatic rings. The summed E-state index contributed by atoms with van der Waals surface area (Å²) in [5.74, 6) is 0.726. The lowest BCUT2D eigenvalue weighted by Crippen LogP contribution is -2.47. The smallest absolute Gasteiger partial charge is 0.0246 e. The predicted molar refractivity (Wildman–Crippen MR) is 87.2 cm³/mol. The summed E-state index contributed by atoms with van der Waals surface area (Å²) >= 11 is 0. The topological polar surface area (TPSA) is 15.3 Å². The van der Waals surface area contributed by atoms with Crippen LogP contribution in [0.3, 0.4) is 0 Å². The predicted octanol–water partition coefficient (Wildman–Crippen LogP) is 3.64. The molecule has 20 heavy (non-hydrogen) atoms. The molecule has 3 atom stereocenters. The van der Waals surface area contributed by atoms with Crippen LogP contribution in [0.5, 0.6) is 0 Å². The first kappa shape index (κ1) is 15.5. The molecule has 0 radical (unpaired) electrons. The molecule has 0 saturated carbocycles. The highest BCUT2D eigenvalue weighted by Crippen LogP contribution is 2.30. The normalized spacial score (nSPS) is 22.9. The van der Waals surface area contributed by atoms with Crippen molar-refractivity contribution in [2.75, 3.05) is 20.1 Å². The summed E-state index contributed by atoms with van der Waals surface area (Å²) in [6.45, 7) is 7.10. The standard InChI is InChI=1S/C18H30N2/c1-4-9-17(19-3)18(5-2)20-13-12-16(14-20)15-10-7-6-8-11-15/h6-8,10-11,16-19H,4-5,9,12-14H2,1-3H3. The van der Waals surface area contributed by atoms with E-state index >= 15 is 0 Å². The molecule has 1 aliphatic heterocycles. The molecule has 1 fully saturated rings. The molecule has 0 spiro atoms. The Bertz CT molecular complexity index is 376. The van der Waals surface area contributed by atoms with Crippen LogP contribution in [-0.2, 0) is 0 Å². The van der Waals surface area contributed by atoms with Gasteiger partial charge in [-0.05, 0) is 44.3 Å². The summed E-state index contributed by atoms with van der Waals surface area (Å²) in [5, 5.41) is 3.54. The number of likely N-dealkylation sites (tertiary alicyclic amines) is 1. The monoisotopic (exact) mass is 274 g/mol. The average Bonchev–Trinajstić information content (AvgIpc) is 2.97. The van der Waals surface area contributed by atoms with E-state index in [0.717, 1.165) is 5.92 Å². The fourth-order valence-electron chi connectivity index (χ4n) is 3.72. The van der Waals surface area contributed by atoms with E-state index in [0.29, 0.717) is 12.1 Å². The van der Waals surface area contributed by atoms with Crippen LogP contribution in [0.1, 0.15) is 51.0 Å². The Hall–Kier alpha value is -0.860. The van der Waals surface area contributed by atoms with E-state index in [9.17, 15) is 0 Å². The third kappa shape index (κ3) is 3.62. The third-order valence-corrected chi connectivity index (χ3v) is 4.81. The molecule has 0 bridgehead atoms. The summed E-state index contributed by atoms with van der Waals surface area (Å²) in [7, 11) is 2.12. The molecule has 1 heterocycles. The minimum atomic E-state index is 0.638. The van der Waals surface area contributed by atoms with Crippen molar-refractivity contribution in [3.05, 3.63) is 35.9 Å². The van der Waals surface area contributed by atoms with Gasteiger partial charge in [-0.1, -0.05) is 50.6 Å². The van der Waals surface area contributed by atoms with Crippen molar-refractivity contribution in [1.82, 2.24) is 10.2 Å². The maximum Gasteiger partial charge on any atom is 0.0246 e. The maximum absolute atomic E-state index is 3.54. The zero-order valence-corrected chi connectivity index (χ0v) is 13.3. The molecule has 3 unspecified atom stereocenters. The van der Waals surface area contributed by atoms with Gasteiger partial charge in [0, 0.05) is 18.6 Å². The number of hydrogen-bond donors (Lipinski definition) is 1. The molecule has 112 valence electrons. The molecule has 1 aromatic rings. The molecule has 0 aromatic heterocycles. The van der Waals surface area contributed by atoms with Crippen LogP contribution in [0.15, 0.2) is 30.3 Å².